The SMILES string of the molecule is CN1CCN(c2ccc(Br)cn2)C(CN)C1. The first-order valence-electron chi connectivity index (χ1n) is 5.47. The first-order valence-corrected chi connectivity index (χ1v) is 6.27. The van der Waals surface area contributed by atoms with E-state index in [2.05, 4.69) is 37.8 Å². The molecule has 2 heterocycles. The van der Waals surface area contributed by atoms with Crippen LogP contribution in [0.25, 0.3) is 0 Å². The fourth-order valence-corrected chi connectivity index (χ4v) is 2.29. The molecule has 0 aliphatic carbocycles. The second-order valence-corrected chi connectivity index (χ2v) is 5.10. The predicted octanol–water partition coefficient (Wildman–Crippen LogP) is 0.923. The minimum Gasteiger partial charge on any atom is -0.350 e. The Morgan fingerprint density at radius 3 is 2.94 bits per heavy atom. The molecule has 1 unspecified atom stereocenters. The van der Waals surface area contributed by atoms with Gasteiger partial charge < -0.3 is 15.5 Å². The van der Waals surface area contributed by atoms with Gasteiger partial charge in [0, 0.05) is 36.8 Å². The van der Waals surface area contributed by atoms with Gasteiger partial charge in [-0.05, 0) is 35.1 Å². The van der Waals surface area contributed by atoms with E-state index < -0.39 is 0 Å². The molecule has 0 spiro atoms. The summed E-state index contributed by atoms with van der Waals surface area (Å²) in [7, 11) is 2.13. The van der Waals surface area contributed by atoms with Crippen LogP contribution in [-0.2, 0) is 0 Å². The van der Waals surface area contributed by atoms with E-state index in [4.69, 9.17) is 5.73 Å². The molecule has 1 aliphatic rings. The average Bonchev–Trinajstić information content (AvgIpc) is 2.30. The molecular formula is C11H17BrN4. The molecule has 0 radical (unpaired) electrons. The maximum absolute atomic E-state index is 5.82. The number of halogens is 1. The maximum Gasteiger partial charge on any atom is 0.128 e. The van der Waals surface area contributed by atoms with Crippen LogP contribution in [-0.4, -0.2) is 49.2 Å². The third-order valence-corrected chi connectivity index (χ3v) is 3.43. The standard InChI is InChI=1S/C11H17BrN4/c1-15-4-5-16(10(6-13)8-15)11-3-2-9(12)7-14-11/h2-3,7,10H,4-6,8,13H2,1H3. The van der Waals surface area contributed by atoms with Gasteiger partial charge >= 0.3 is 0 Å². The molecule has 0 saturated carbocycles. The van der Waals surface area contributed by atoms with Gasteiger partial charge in [0.1, 0.15) is 5.82 Å². The minimum absolute atomic E-state index is 0.368. The lowest BCUT2D eigenvalue weighted by molar-refractivity contribution is 0.269. The fourth-order valence-electron chi connectivity index (χ4n) is 2.05. The Hall–Kier alpha value is -0.650. The van der Waals surface area contributed by atoms with Gasteiger partial charge in [-0.3, -0.25) is 0 Å². The quantitative estimate of drug-likeness (QED) is 0.878. The summed E-state index contributed by atoms with van der Waals surface area (Å²) in [4.78, 5) is 9.04. The van der Waals surface area contributed by atoms with Gasteiger partial charge in [0.15, 0.2) is 0 Å². The van der Waals surface area contributed by atoms with E-state index in [-0.39, 0.29) is 0 Å². The van der Waals surface area contributed by atoms with Crippen LogP contribution in [0.2, 0.25) is 0 Å². The molecule has 1 aromatic heterocycles. The summed E-state index contributed by atoms with van der Waals surface area (Å²) in [5, 5.41) is 0. The van der Waals surface area contributed by atoms with Crippen LogP contribution in [0, 0.1) is 0 Å². The summed E-state index contributed by atoms with van der Waals surface area (Å²) in [5.74, 6) is 1.02. The third-order valence-electron chi connectivity index (χ3n) is 2.96. The summed E-state index contributed by atoms with van der Waals surface area (Å²) in [5.41, 5.74) is 5.82. The highest BCUT2D eigenvalue weighted by molar-refractivity contribution is 9.10. The smallest absolute Gasteiger partial charge is 0.128 e. The van der Waals surface area contributed by atoms with Crippen molar-refractivity contribution in [2.24, 2.45) is 5.73 Å². The van der Waals surface area contributed by atoms with Crippen molar-refractivity contribution in [3.8, 4) is 0 Å². The van der Waals surface area contributed by atoms with Crippen molar-refractivity contribution < 1.29 is 0 Å². The van der Waals surface area contributed by atoms with E-state index in [1.165, 1.54) is 0 Å². The lowest BCUT2D eigenvalue weighted by atomic mass is 10.1. The largest absolute Gasteiger partial charge is 0.350 e. The normalized spacial score (nSPS) is 22.4. The molecule has 0 bridgehead atoms. The monoisotopic (exact) mass is 284 g/mol. The lowest BCUT2D eigenvalue weighted by Gasteiger charge is -2.40. The summed E-state index contributed by atoms with van der Waals surface area (Å²) < 4.78 is 1.01. The van der Waals surface area contributed by atoms with E-state index >= 15 is 0 Å². The van der Waals surface area contributed by atoms with Crippen molar-refractivity contribution in [1.29, 1.82) is 0 Å². The Kier molecular flexibility index (Phi) is 3.78. The molecule has 5 heteroatoms. The van der Waals surface area contributed by atoms with Crippen molar-refractivity contribution in [3.05, 3.63) is 22.8 Å². The molecule has 0 amide bonds. The average molecular weight is 285 g/mol. The second kappa shape index (κ2) is 5.12. The van der Waals surface area contributed by atoms with Crippen LogP contribution in [0.5, 0.6) is 0 Å². The molecule has 88 valence electrons. The number of piperazine rings is 1. The van der Waals surface area contributed by atoms with Crippen molar-refractivity contribution in [1.82, 2.24) is 9.88 Å². The molecule has 1 aromatic rings. The molecule has 1 saturated heterocycles. The minimum atomic E-state index is 0.368. The van der Waals surface area contributed by atoms with Gasteiger partial charge in [-0.1, -0.05) is 0 Å². The van der Waals surface area contributed by atoms with Gasteiger partial charge in [-0.25, -0.2) is 4.98 Å². The van der Waals surface area contributed by atoms with Crippen LogP contribution < -0.4 is 10.6 Å². The summed E-state index contributed by atoms with van der Waals surface area (Å²) in [6, 6.07) is 4.43. The Morgan fingerprint density at radius 1 is 1.50 bits per heavy atom. The topological polar surface area (TPSA) is 45.4 Å². The number of hydrogen-bond donors (Lipinski definition) is 1. The molecule has 2 rings (SSSR count). The zero-order chi connectivity index (χ0) is 11.5. The highest BCUT2D eigenvalue weighted by atomic mass is 79.9. The predicted molar refractivity (Wildman–Crippen MR) is 69.6 cm³/mol. The van der Waals surface area contributed by atoms with Gasteiger partial charge in [-0.15, -0.1) is 0 Å². The van der Waals surface area contributed by atoms with Crippen LogP contribution >= 0.6 is 15.9 Å². The fraction of sp³-hybridized carbons (Fsp3) is 0.545. The zero-order valence-electron chi connectivity index (χ0n) is 9.43. The molecule has 16 heavy (non-hydrogen) atoms. The number of anilines is 1. The van der Waals surface area contributed by atoms with E-state index in [1.807, 2.05) is 18.3 Å². The van der Waals surface area contributed by atoms with E-state index in [1.54, 1.807) is 0 Å². The Morgan fingerprint density at radius 2 is 2.31 bits per heavy atom. The second-order valence-electron chi connectivity index (χ2n) is 4.18. The lowest BCUT2D eigenvalue weighted by Crippen LogP contribution is -2.55. The first-order chi connectivity index (χ1) is 7.70. The highest BCUT2D eigenvalue weighted by Gasteiger charge is 2.24. The van der Waals surface area contributed by atoms with Gasteiger partial charge in [0.2, 0.25) is 0 Å². The van der Waals surface area contributed by atoms with E-state index in [9.17, 15) is 0 Å². The van der Waals surface area contributed by atoms with E-state index in [0.717, 1.165) is 29.9 Å². The number of nitrogens with zero attached hydrogens (tertiary/aromatic N) is 3. The number of likely N-dealkylation sites (N-methyl/N-ethyl adjacent to an activating group) is 1. The molecule has 1 aliphatic heterocycles. The molecule has 2 N–H and O–H groups in total. The summed E-state index contributed by atoms with van der Waals surface area (Å²) in [6.45, 7) is 3.73. The van der Waals surface area contributed by atoms with Crippen molar-refractivity contribution >= 4 is 21.7 Å². The Bertz CT molecular complexity index is 340. The number of pyridine rings is 1. The molecule has 0 aromatic carbocycles. The zero-order valence-corrected chi connectivity index (χ0v) is 11.0. The Balaban J connectivity index is 2.15. The number of hydrogen-bond acceptors (Lipinski definition) is 4. The van der Waals surface area contributed by atoms with Crippen LogP contribution in [0.15, 0.2) is 22.8 Å². The molecule has 1 atom stereocenters. The highest BCUT2D eigenvalue weighted by Crippen LogP contribution is 2.19. The maximum atomic E-state index is 5.82. The van der Waals surface area contributed by atoms with E-state index in [0.29, 0.717) is 12.6 Å². The van der Waals surface area contributed by atoms with Crippen molar-refractivity contribution in [3.63, 3.8) is 0 Å². The van der Waals surface area contributed by atoms with Crippen LogP contribution in [0.4, 0.5) is 5.82 Å². The van der Waals surface area contributed by atoms with Crippen molar-refractivity contribution in [2.45, 2.75) is 6.04 Å². The molecular weight excluding hydrogens is 268 g/mol. The van der Waals surface area contributed by atoms with Gasteiger partial charge in [0.05, 0.1) is 6.04 Å². The molecule has 4 nitrogen and oxygen atoms in total. The number of nitrogens with two attached hydrogens (primary N) is 1. The van der Waals surface area contributed by atoms with Gasteiger partial charge in [0.25, 0.3) is 0 Å². The molecule has 1 fully saturated rings. The number of aromatic nitrogens is 1. The Labute approximate surface area is 105 Å². The van der Waals surface area contributed by atoms with Crippen LogP contribution in [0.3, 0.4) is 0 Å². The van der Waals surface area contributed by atoms with Crippen molar-refractivity contribution in [2.75, 3.05) is 38.1 Å². The first kappa shape index (κ1) is 11.8. The third kappa shape index (κ3) is 2.53. The summed E-state index contributed by atoms with van der Waals surface area (Å²) in [6.07, 6.45) is 1.83. The van der Waals surface area contributed by atoms with Crippen LogP contribution in [0.1, 0.15) is 0 Å². The number of rotatable bonds is 2. The van der Waals surface area contributed by atoms with Gasteiger partial charge in [-0.2, -0.15) is 0 Å². The summed E-state index contributed by atoms with van der Waals surface area (Å²) >= 11 is 3.40.